The second-order valence-electron chi connectivity index (χ2n) is 11.4. The quantitative estimate of drug-likeness (QED) is 0.0148. The van der Waals surface area contributed by atoms with Crippen LogP contribution in [-0.2, 0) is 25.8 Å². The Morgan fingerprint density at radius 1 is 0.630 bits per heavy atom. The maximum atomic E-state index is 12.7. The van der Waals surface area contributed by atoms with Gasteiger partial charge in [-0.05, 0) is 128 Å². The minimum atomic E-state index is -0.534. The number of hydrogen-bond acceptors (Lipinski definition) is 12. The molecule has 0 saturated heterocycles. The molecule has 4 aromatic carbocycles. The predicted octanol–water partition coefficient (Wildman–Crippen LogP) is 8.03. The molecule has 0 N–H and O–H groups in total. The number of hydrogen-bond donors (Lipinski definition) is 0. The Morgan fingerprint density at radius 2 is 1.24 bits per heavy atom. The third-order valence-corrected chi connectivity index (χ3v) is 7.33. The van der Waals surface area contributed by atoms with Gasteiger partial charge in [0, 0.05) is 12.2 Å². The van der Waals surface area contributed by atoms with Crippen molar-refractivity contribution in [1.29, 1.82) is 0 Å². The molecule has 0 atom stereocenters. The Morgan fingerprint density at radius 3 is 1.93 bits per heavy atom. The Bertz CT molecular complexity index is 1890. The monoisotopic (exact) mass is 734 g/mol. The van der Waals surface area contributed by atoms with Crippen molar-refractivity contribution >= 4 is 30.3 Å². The normalized spacial score (nSPS) is 10.8. The number of benzene rings is 4. The maximum absolute atomic E-state index is 12.7. The molecular formula is C42H42N2O10. The number of esters is 3. The first-order chi connectivity index (χ1) is 26.4. The summed E-state index contributed by atoms with van der Waals surface area (Å²) in [5.41, 5.74) is 2.69. The van der Waals surface area contributed by atoms with Gasteiger partial charge in [0.15, 0.2) is 5.75 Å². The molecule has 0 unspecified atom stereocenters. The van der Waals surface area contributed by atoms with Gasteiger partial charge in [-0.2, -0.15) is 15.1 Å². The van der Waals surface area contributed by atoms with E-state index in [2.05, 4.69) is 23.4 Å². The molecular weight excluding hydrogens is 692 g/mol. The molecule has 0 aromatic heterocycles. The van der Waals surface area contributed by atoms with E-state index in [1.165, 1.54) is 0 Å². The zero-order valence-corrected chi connectivity index (χ0v) is 30.0. The fraction of sp³-hybridized carbons (Fsp3) is 0.214. The molecule has 0 saturated carbocycles. The number of rotatable bonds is 22. The average Bonchev–Trinajstić information content (AvgIpc) is 3.19. The summed E-state index contributed by atoms with van der Waals surface area (Å²) in [6.07, 6.45) is 8.94. The molecule has 0 radical (unpaired) electrons. The number of carbonyl (C=O) groups is 3. The highest BCUT2D eigenvalue weighted by Crippen LogP contribution is 2.29. The number of unbranched alkanes of at least 4 members (excludes halogenated alkanes) is 3. The highest BCUT2D eigenvalue weighted by atomic mass is 17.2. The molecule has 0 aliphatic rings. The van der Waals surface area contributed by atoms with Gasteiger partial charge in [0.05, 0.1) is 37.8 Å². The topological polar surface area (TPSA) is 141 Å². The van der Waals surface area contributed by atoms with Gasteiger partial charge in [-0.3, -0.25) is 0 Å². The van der Waals surface area contributed by atoms with Crippen molar-refractivity contribution in [1.82, 2.24) is 0 Å². The van der Waals surface area contributed by atoms with Crippen LogP contribution in [0.2, 0.25) is 0 Å². The van der Waals surface area contributed by atoms with Crippen molar-refractivity contribution in [2.24, 2.45) is 10.2 Å². The van der Waals surface area contributed by atoms with Gasteiger partial charge in [-0.25, -0.2) is 14.4 Å². The lowest BCUT2D eigenvalue weighted by molar-refractivity contribution is -0.218. The maximum Gasteiger partial charge on any atom is 0.343 e. The first-order valence-electron chi connectivity index (χ1n) is 17.3. The number of carbonyl (C=O) groups excluding carboxylic acids is 3. The van der Waals surface area contributed by atoms with Crippen molar-refractivity contribution in [2.45, 2.75) is 39.2 Å². The lowest BCUT2D eigenvalue weighted by Gasteiger charge is -2.11. The van der Waals surface area contributed by atoms with Gasteiger partial charge in [0.1, 0.15) is 23.9 Å². The lowest BCUT2D eigenvalue weighted by atomic mass is 10.2. The zero-order chi connectivity index (χ0) is 38.4. The molecule has 0 aliphatic carbocycles. The van der Waals surface area contributed by atoms with Gasteiger partial charge in [-0.1, -0.05) is 25.3 Å². The summed E-state index contributed by atoms with van der Waals surface area (Å²) in [6.45, 7) is 10.1. The summed E-state index contributed by atoms with van der Waals surface area (Å²) in [5, 5.41) is 8.25. The Kier molecular flexibility index (Phi) is 16.7. The van der Waals surface area contributed by atoms with Crippen LogP contribution in [0, 0.1) is 0 Å². The van der Waals surface area contributed by atoms with E-state index in [1.54, 1.807) is 103 Å². The highest BCUT2D eigenvalue weighted by molar-refractivity contribution is 5.91. The fourth-order valence-corrected chi connectivity index (χ4v) is 4.57. The summed E-state index contributed by atoms with van der Waals surface area (Å²) in [6, 6.07) is 25.7. The standard InChI is InChI=1S/C42H42N2O10/c1-4-40(45)50-26-10-8-7-9-25-49-35-22-16-34(17-23-35)42(47)53-37-18-11-31(12-19-37)28-43-44-29-33-15-24-38(39(27-33)48-6-3)54-51-30-32-13-20-36(21-14-32)52-41(46)5-2/h4-5,11-24,27-29H,1-2,6-10,25-26,30H2,3H3. The van der Waals surface area contributed by atoms with E-state index in [-0.39, 0.29) is 6.61 Å². The minimum Gasteiger partial charge on any atom is -0.494 e. The van der Waals surface area contributed by atoms with E-state index in [0.29, 0.717) is 54.1 Å². The van der Waals surface area contributed by atoms with Gasteiger partial charge >= 0.3 is 17.9 Å². The van der Waals surface area contributed by atoms with Crippen LogP contribution in [-0.4, -0.2) is 50.2 Å². The fourth-order valence-electron chi connectivity index (χ4n) is 4.57. The molecule has 12 nitrogen and oxygen atoms in total. The molecule has 0 amide bonds. The third-order valence-electron chi connectivity index (χ3n) is 7.33. The summed E-state index contributed by atoms with van der Waals surface area (Å²) in [5.74, 6) is 0.886. The largest absolute Gasteiger partial charge is 0.494 e. The van der Waals surface area contributed by atoms with Crippen molar-refractivity contribution in [3.05, 3.63) is 139 Å². The van der Waals surface area contributed by atoms with E-state index < -0.39 is 17.9 Å². The molecule has 0 heterocycles. The Hall–Kier alpha value is -6.53. The van der Waals surface area contributed by atoms with Crippen molar-refractivity contribution < 1.29 is 47.8 Å². The second-order valence-corrected chi connectivity index (χ2v) is 11.4. The van der Waals surface area contributed by atoms with Crippen LogP contribution < -0.4 is 23.8 Å². The molecule has 4 aromatic rings. The molecule has 0 aliphatic heterocycles. The van der Waals surface area contributed by atoms with E-state index >= 15 is 0 Å². The molecule has 0 spiro atoms. The third kappa shape index (κ3) is 14.2. The van der Waals surface area contributed by atoms with Crippen LogP contribution in [0.3, 0.4) is 0 Å². The molecule has 0 bridgehead atoms. The van der Waals surface area contributed by atoms with Crippen LogP contribution >= 0.6 is 0 Å². The van der Waals surface area contributed by atoms with E-state index in [0.717, 1.165) is 54.5 Å². The van der Waals surface area contributed by atoms with E-state index in [4.69, 9.17) is 33.5 Å². The first kappa shape index (κ1) is 40.2. The number of nitrogens with zero attached hydrogens (tertiary/aromatic N) is 2. The SMILES string of the molecule is C=CC(=O)OCCCCCCOc1ccc(C(=O)Oc2ccc(C=NN=Cc3ccc(OOCc4ccc(OC(=O)C=C)cc4)c(OCC)c3)cc2)cc1. The molecule has 4 rings (SSSR count). The first-order valence-corrected chi connectivity index (χ1v) is 17.3. The van der Waals surface area contributed by atoms with Crippen molar-refractivity contribution in [2.75, 3.05) is 19.8 Å². The molecule has 54 heavy (non-hydrogen) atoms. The highest BCUT2D eigenvalue weighted by Gasteiger charge is 2.10. The Balaban J connectivity index is 1.18. The lowest BCUT2D eigenvalue weighted by Crippen LogP contribution is -2.08. The summed E-state index contributed by atoms with van der Waals surface area (Å²) >= 11 is 0. The average molecular weight is 735 g/mol. The molecule has 12 heteroatoms. The number of ether oxygens (including phenoxy) is 5. The van der Waals surface area contributed by atoms with Crippen LogP contribution in [0.15, 0.2) is 127 Å². The molecule has 280 valence electrons. The van der Waals surface area contributed by atoms with Gasteiger partial charge in [0.25, 0.3) is 0 Å². The summed E-state index contributed by atoms with van der Waals surface area (Å²) in [7, 11) is 0. The molecule has 0 fully saturated rings. The predicted molar refractivity (Wildman–Crippen MR) is 203 cm³/mol. The minimum absolute atomic E-state index is 0.149. The van der Waals surface area contributed by atoms with Crippen molar-refractivity contribution in [3.63, 3.8) is 0 Å². The van der Waals surface area contributed by atoms with E-state index in [1.807, 2.05) is 6.92 Å². The van der Waals surface area contributed by atoms with Gasteiger partial charge in [-0.15, -0.1) is 0 Å². The van der Waals surface area contributed by atoms with Crippen molar-refractivity contribution in [3.8, 4) is 28.7 Å². The van der Waals surface area contributed by atoms with Gasteiger partial charge in [0.2, 0.25) is 5.75 Å². The smallest absolute Gasteiger partial charge is 0.343 e. The van der Waals surface area contributed by atoms with Crippen LogP contribution in [0.5, 0.6) is 28.7 Å². The van der Waals surface area contributed by atoms with Crippen LogP contribution in [0.25, 0.3) is 0 Å². The van der Waals surface area contributed by atoms with Crippen LogP contribution in [0.4, 0.5) is 0 Å². The van der Waals surface area contributed by atoms with E-state index in [9.17, 15) is 14.4 Å². The van der Waals surface area contributed by atoms with Crippen LogP contribution in [0.1, 0.15) is 59.7 Å². The van der Waals surface area contributed by atoms with Gasteiger partial charge < -0.3 is 28.6 Å². The summed E-state index contributed by atoms with van der Waals surface area (Å²) in [4.78, 5) is 45.9. The second kappa shape index (κ2) is 22.4. The summed E-state index contributed by atoms with van der Waals surface area (Å²) < 4.78 is 27.0. The zero-order valence-electron chi connectivity index (χ0n) is 30.0. The Labute approximate surface area is 314 Å².